The quantitative estimate of drug-likeness (QED) is 0.260. The molecule has 0 unspecified atom stereocenters. The van der Waals surface area contributed by atoms with Crippen molar-refractivity contribution < 1.29 is 28.2 Å². The van der Waals surface area contributed by atoms with Crippen LogP contribution in [0.3, 0.4) is 0 Å². The smallest absolute Gasteiger partial charge is 0.425 e. The summed E-state index contributed by atoms with van der Waals surface area (Å²) in [6.07, 6.45) is 4.30. The number of esters is 1. The molecule has 0 radical (unpaired) electrons. The number of halogens is 2. The number of aromatic nitrogens is 1. The number of fused-ring (bicyclic) bond motifs is 2. The average Bonchev–Trinajstić information content (AvgIpc) is 3.43. The van der Waals surface area contributed by atoms with E-state index in [1.165, 1.54) is 12.5 Å². The van der Waals surface area contributed by atoms with Crippen molar-refractivity contribution in [3.05, 3.63) is 58.9 Å². The molecule has 2 aliphatic carbocycles. The van der Waals surface area contributed by atoms with Gasteiger partial charge in [-0.2, -0.15) is 0 Å². The minimum absolute atomic E-state index is 0.0588. The molecule has 2 saturated carbocycles. The molecule has 0 N–H and O–H groups in total. The van der Waals surface area contributed by atoms with Crippen molar-refractivity contribution in [1.29, 1.82) is 0 Å². The predicted octanol–water partition coefficient (Wildman–Crippen LogP) is 4.23. The lowest BCUT2D eigenvalue weighted by Gasteiger charge is -2.40. The zero-order valence-electron chi connectivity index (χ0n) is 19.7. The number of hydrogen-bond donors (Lipinski definition) is 0. The standard InChI is InChI=1S/C25H29Cl2NO7/c1-23(2)18-8-9-24(23,20(29)28-10-11-35-22(28)31)19(14-18)33-12-13-34-21(30)25(26,27)16-32-15-17-6-4-3-5-7-17/h3-7,10-11,18-19H,8-9,12-16H2,1-2H3/t18-,19-,24+/m0/s1. The maximum Gasteiger partial charge on any atom is 0.425 e. The number of hydrogen-bond acceptors (Lipinski definition) is 7. The number of oxazole rings is 1. The van der Waals surface area contributed by atoms with Crippen molar-refractivity contribution in [1.82, 2.24) is 4.57 Å². The van der Waals surface area contributed by atoms with Crippen LogP contribution in [0.2, 0.25) is 0 Å². The van der Waals surface area contributed by atoms with Crippen molar-refractivity contribution in [2.24, 2.45) is 16.7 Å². The Kier molecular flexibility index (Phi) is 7.48. The van der Waals surface area contributed by atoms with Crippen LogP contribution in [0.15, 0.2) is 52.0 Å². The molecule has 3 atom stereocenters. The minimum Gasteiger partial charge on any atom is -0.461 e. The van der Waals surface area contributed by atoms with Gasteiger partial charge >= 0.3 is 11.7 Å². The lowest BCUT2D eigenvalue weighted by atomic mass is 9.67. The third-order valence-electron chi connectivity index (χ3n) is 7.61. The van der Waals surface area contributed by atoms with Gasteiger partial charge in [-0.3, -0.25) is 4.79 Å². The molecule has 2 bridgehead atoms. The molecule has 190 valence electrons. The molecule has 4 rings (SSSR count). The summed E-state index contributed by atoms with van der Waals surface area (Å²) in [6, 6.07) is 9.42. The van der Waals surface area contributed by atoms with Crippen LogP contribution in [-0.4, -0.2) is 46.7 Å². The number of carbonyl (C=O) groups is 2. The molecule has 1 heterocycles. The highest BCUT2D eigenvalue weighted by molar-refractivity contribution is 6.57. The Balaban J connectivity index is 1.30. The van der Waals surface area contributed by atoms with Crippen molar-refractivity contribution in [2.75, 3.05) is 19.8 Å². The second-order valence-electron chi connectivity index (χ2n) is 9.69. The van der Waals surface area contributed by atoms with Crippen LogP contribution in [0.5, 0.6) is 0 Å². The van der Waals surface area contributed by atoms with Crippen LogP contribution in [-0.2, 0) is 25.6 Å². The zero-order valence-corrected chi connectivity index (χ0v) is 21.2. The van der Waals surface area contributed by atoms with E-state index >= 15 is 0 Å². The molecular formula is C25H29Cl2NO7. The molecule has 1 aromatic heterocycles. The molecule has 0 saturated heterocycles. The van der Waals surface area contributed by atoms with E-state index in [-0.39, 0.29) is 43.7 Å². The van der Waals surface area contributed by atoms with Crippen LogP contribution in [0.1, 0.15) is 43.5 Å². The van der Waals surface area contributed by atoms with E-state index in [0.29, 0.717) is 12.8 Å². The summed E-state index contributed by atoms with van der Waals surface area (Å²) in [6.45, 7) is 4.08. The second kappa shape index (κ2) is 10.1. The first-order chi connectivity index (χ1) is 16.6. The Morgan fingerprint density at radius 1 is 1.20 bits per heavy atom. The fourth-order valence-corrected chi connectivity index (χ4v) is 5.88. The van der Waals surface area contributed by atoms with E-state index in [2.05, 4.69) is 0 Å². The summed E-state index contributed by atoms with van der Waals surface area (Å²) in [5, 5.41) is 0. The zero-order chi connectivity index (χ0) is 25.3. The summed E-state index contributed by atoms with van der Waals surface area (Å²) in [7, 11) is 0. The highest BCUT2D eigenvalue weighted by Gasteiger charge is 2.69. The van der Waals surface area contributed by atoms with Gasteiger partial charge in [-0.25, -0.2) is 14.2 Å². The summed E-state index contributed by atoms with van der Waals surface area (Å²) >= 11 is 12.2. The Morgan fingerprint density at radius 3 is 2.60 bits per heavy atom. The second-order valence-corrected chi connectivity index (χ2v) is 11.2. The highest BCUT2D eigenvalue weighted by Crippen LogP contribution is 2.67. The Morgan fingerprint density at radius 2 is 1.94 bits per heavy atom. The van der Waals surface area contributed by atoms with Crippen molar-refractivity contribution in [2.45, 2.75) is 50.2 Å². The van der Waals surface area contributed by atoms with Crippen LogP contribution in [0.4, 0.5) is 0 Å². The maximum absolute atomic E-state index is 13.5. The molecule has 0 amide bonds. The Hall–Kier alpha value is -2.13. The molecule has 2 aromatic rings. The van der Waals surface area contributed by atoms with Crippen LogP contribution >= 0.6 is 23.2 Å². The average molecular weight is 526 g/mol. The monoisotopic (exact) mass is 525 g/mol. The van der Waals surface area contributed by atoms with Gasteiger partial charge < -0.3 is 18.6 Å². The van der Waals surface area contributed by atoms with Crippen molar-refractivity contribution >= 4 is 35.1 Å². The van der Waals surface area contributed by atoms with Crippen LogP contribution in [0.25, 0.3) is 0 Å². The van der Waals surface area contributed by atoms with Gasteiger partial charge in [-0.05, 0) is 36.2 Å². The van der Waals surface area contributed by atoms with E-state index in [1.54, 1.807) is 0 Å². The molecule has 8 nitrogen and oxygen atoms in total. The summed E-state index contributed by atoms with van der Waals surface area (Å²) < 4.78 is 20.7. The first-order valence-corrected chi connectivity index (χ1v) is 12.3. The fraction of sp³-hybridized carbons (Fsp3) is 0.560. The van der Waals surface area contributed by atoms with E-state index < -0.39 is 27.6 Å². The van der Waals surface area contributed by atoms with Gasteiger partial charge in [0.15, 0.2) is 0 Å². The normalized spacial score (nSPS) is 25.0. The molecule has 10 heteroatoms. The molecule has 2 fully saturated rings. The third-order valence-corrected chi connectivity index (χ3v) is 8.14. The first-order valence-electron chi connectivity index (χ1n) is 11.6. The number of ether oxygens (including phenoxy) is 3. The number of nitrogens with zero attached hydrogens (tertiary/aromatic N) is 1. The summed E-state index contributed by atoms with van der Waals surface area (Å²) in [4.78, 5) is 37.9. The highest BCUT2D eigenvalue weighted by atomic mass is 35.5. The lowest BCUT2D eigenvalue weighted by molar-refractivity contribution is -0.149. The molecule has 0 aliphatic heterocycles. The molecule has 1 aromatic carbocycles. The topological polar surface area (TPSA) is 97.0 Å². The summed E-state index contributed by atoms with van der Waals surface area (Å²) in [5.74, 6) is -1.58. The number of carbonyl (C=O) groups excluding carboxylic acids is 2. The molecule has 35 heavy (non-hydrogen) atoms. The van der Waals surface area contributed by atoms with Gasteiger partial charge in [0, 0.05) is 0 Å². The minimum atomic E-state index is -1.86. The van der Waals surface area contributed by atoms with Crippen LogP contribution in [0, 0.1) is 16.7 Å². The predicted molar refractivity (Wildman–Crippen MR) is 128 cm³/mol. The fourth-order valence-electron chi connectivity index (χ4n) is 5.62. The Labute approximate surface area is 213 Å². The molecule has 2 aliphatic rings. The third kappa shape index (κ3) is 4.81. The first kappa shape index (κ1) is 25.9. The van der Waals surface area contributed by atoms with Gasteiger partial charge in [-0.1, -0.05) is 67.4 Å². The van der Waals surface area contributed by atoms with E-state index in [9.17, 15) is 14.4 Å². The largest absolute Gasteiger partial charge is 0.461 e. The van der Waals surface area contributed by atoms with Crippen LogP contribution < -0.4 is 5.76 Å². The van der Waals surface area contributed by atoms with E-state index in [4.69, 9.17) is 41.8 Å². The number of alkyl halides is 2. The number of benzene rings is 1. The summed E-state index contributed by atoms with van der Waals surface area (Å²) in [5.41, 5.74) is -0.309. The lowest BCUT2D eigenvalue weighted by Crippen LogP contribution is -2.51. The van der Waals surface area contributed by atoms with E-state index in [1.807, 2.05) is 44.2 Å². The van der Waals surface area contributed by atoms with Gasteiger partial charge in [0.1, 0.15) is 12.9 Å². The SMILES string of the molecule is CC1(C)[C@H]2CC[C@]1(C(=O)n1ccoc1=O)[C@@H](OCCOC(=O)C(Cl)(Cl)COCc1ccccc1)C2. The van der Waals surface area contributed by atoms with Crippen molar-refractivity contribution in [3.63, 3.8) is 0 Å². The maximum atomic E-state index is 13.5. The number of rotatable bonds is 10. The van der Waals surface area contributed by atoms with Gasteiger partial charge in [0.25, 0.3) is 0 Å². The van der Waals surface area contributed by atoms with Crippen molar-refractivity contribution in [3.8, 4) is 0 Å². The van der Waals surface area contributed by atoms with E-state index in [0.717, 1.165) is 16.6 Å². The van der Waals surface area contributed by atoms with Gasteiger partial charge in [-0.15, -0.1) is 0 Å². The van der Waals surface area contributed by atoms with Gasteiger partial charge in [0.05, 0.1) is 37.5 Å². The molecular weight excluding hydrogens is 497 g/mol. The van der Waals surface area contributed by atoms with Gasteiger partial charge in [0.2, 0.25) is 10.2 Å². The Bertz CT molecular complexity index is 1110. The molecule has 0 spiro atoms.